The maximum absolute atomic E-state index is 9.45. The molecule has 0 saturated carbocycles. The van der Waals surface area contributed by atoms with Crippen LogP contribution in [0.25, 0.3) is 0 Å². The van der Waals surface area contributed by atoms with Gasteiger partial charge in [0.2, 0.25) is 0 Å². The average molecular weight is 217 g/mol. The Morgan fingerprint density at radius 3 is 3.06 bits per heavy atom. The molecule has 1 heterocycles. The highest BCUT2D eigenvalue weighted by Gasteiger charge is 2.37. The topological polar surface area (TPSA) is 42.2 Å². The van der Waals surface area contributed by atoms with Crippen LogP contribution in [0.4, 0.5) is 0 Å². The highest BCUT2D eigenvalue weighted by Crippen LogP contribution is 2.40. The number of rotatable bonds is 3. The van der Waals surface area contributed by atoms with E-state index in [0.717, 1.165) is 24.2 Å². The van der Waals surface area contributed by atoms with E-state index in [1.807, 2.05) is 24.3 Å². The minimum Gasteiger partial charge on any atom is -0.493 e. The molecule has 0 spiro atoms. The van der Waals surface area contributed by atoms with E-state index in [9.17, 15) is 5.26 Å². The van der Waals surface area contributed by atoms with Gasteiger partial charge in [-0.05, 0) is 12.5 Å². The summed E-state index contributed by atoms with van der Waals surface area (Å²) in [5.41, 5.74) is 0.561. The predicted octanol–water partition coefficient (Wildman–Crippen LogP) is 2.27. The van der Waals surface area contributed by atoms with Gasteiger partial charge in [-0.1, -0.05) is 18.2 Å². The van der Waals surface area contributed by atoms with E-state index in [1.54, 1.807) is 7.11 Å². The van der Waals surface area contributed by atoms with Crippen LogP contribution in [0.2, 0.25) is 0 Å². The number of hydrogen-bond acceptors (Lipinski definition) is 3. The Bertz CT molecular complexity index is 411. The fraction of sp³-hybridized carbons (Fsp3) is 0.462. The normalized spacial score (nSPS) is 23.0. The van der Waals surface area contributed by atoms with Gasteiger partial charge in [-0.3, -0.25) is 0 Å². The standard InChI is InChI=1S/C13H15NO2/c1-15-8-6-13(10-14)7-9-16-12-5-3-2-4-11(12)13/h2-5H,6-9H2,1H3. The van der Waals surface area contributed by atoms with Crippen LogP contribution in [0.15, 0.2) is 24.3 Å². The van der Waals surface area contributed by atoms with Crippen LogP contribution in [-0.4, -0.2) is 20.3 Å². The van der Waals surface area contributed by atoms with Crippen molar-refractivity contribution in [3.8, 4) is 11.8 Å². The number of para-hydroxylation sites is 1. The quantitative estimate of drug-likeness (QED) is 0.780. The van der Waals surface area contributed by atoms with E-state index in [4.69, 9.17) is 9.47 Å². The van der Waals surface area contributed by atoms with E-state index >= 15 is 0 Å². The van der Waals surface area contributed by atoms with E-state index in [0.29, 0.717) is 13.2 Å². The fourth-order valence-electron chi connectivity index (χ4n) is 2.17. The summed E-state index contributed by atoms with van der Waals surface area (Å²) in [5, 5.41) is 9.45. The molecule has 16 heavy (non-hydrogen) atoms. The largest absolute Gasteiger partial charge is 0.493 e. The van der Waals surface area contributed by atoms with Crippen molar-refractivity contribution < 1.29 is 9.47 Å². The van der Waals surface area contributed by atoms with Gasteiger partial charge in [-0.2, -0.15) is 5.26 Å². The van der Waals surface area contributed by atoms with Crippen molar-refractivity contribution in [2.45, 2.75) is 18.3 Å². The first kappa shape index (κ1) is 11.0. The van der Waals surface area contributed by atoms with Crippen molar-refractivity contribution in [2.75, 3.05) is 20.3 Å². The van der Waals surface area contributed by atoms with E-state index in [2.05, 4.69) is 6.07 Å². The molecule has 84 valence electrons. The van der Waals surface area contributed by atoms with Crippen LogP contribution in [0.3, 0.4) is 0 Å². The molecule has 3 nitrogen and oxygen atoms in total. The number of fused-ring (bicyclic) bond motifs is 1. The molecule has 1 aromatic carbocycles. The van der Waals surface area contributed by atoms with Crippen LogP contribution in [-0.2, 0) is 10.2 Å². The number of nitrogens with zero attached hydrogens (tertiary/aromatic N) is 1. The summed E-state index contributed by atoms with van der Waals surface area (Å²) < 4.78 is 10.7. The summed E-state index contributed by atoms with van der Waals surface area (Å²) in [5.74, 6) is 0.839. The minimum atomic E-state index is -0.440. The third-order valence-corrected chi connectivity index (χ3v) is 3.14. The molecule has 0 fully saturated rings. The molecule has 0 N–H and O–H groups in total. The average Bonchev–Trinajstić information content (AvgIpc) is 2.36. The fourth-order valence-corrected chi connectivity index (χ4v) is 2.17. The molecule has 0 saturated heterocycles. The van der Waals surface area contributed by atoms with Crippen LogP contribution < -0.4 is 4.74 Å². The number of benzene rings is 1. The molecule has 0 radical (unpaired) electrons. The van der Waals surface area contributed by atoms with E-state index in [-0.39, 0.29) is 0 Å². The molecule has 1 aliphatic rings. The minimum absolute atomic E-state index is 0.440. The third kappa shape index (κ3) is 1.77. The van der Waals surface area contributed by atoms with Gasteiger partial charge < -0.3 is 9.47 Å². The SMILES string of the molecule is COCCC1(C#N)CCOc2ccccc21. The van der Waals surface area contributed by atoms with Crippen molar-refractivity contribution in [3.05, 3.63) is 29.8 Å². The van der Waals surface area contributed by atoms with Gasteiger partial charge in [-0.25, -0.2) is 0 Å². The molecule has 0 bridgehead atoms. The second kappa shape index (κ2) is 4.54. The van der Waals surface area contributed by atoms with Crippen LogP contribution in [0.5, 0.6) is 5.75 Å². The van der Waals surface area contributed by atoms with Crippen molar-refractivity contribution in [2.24, 2.45) is 0 Å². The van der Waals surface area contributed by atoms with Crippen molar-refractivity contribution >= 4 is 0 Å². The Morgan fingerprint density at radius 1 is 1.50 bits per heavy atom. The molecule has 1 unspecified atom stereocenters. The van der Waals surface area contributed by atoms with Gasteiger partial charge >= 0.3 is 0 Å². The van der Waals surface area contributed by atoms with Gasteiger partial charge in [0.15, 0.2) is 0 Å². The Balaban J connectivity index is 2.38. The monoisotopic (exact) mass is 217 g/mol. The molecule has 0 aromatic heterocycles. The van der Waals surface area contributed by atoms with E-state index in [1.165, 1.54) is 0 Å². The summed E-state index contributed by atoms with van der Waals surface area (Å²) in [4.78, 5) is 0. The molecule has 1 aromatic rings. The summed E-state index contributed by atoms with van der Waals surface area (Å²) in [6, 6.07) is 10.2. The number of ether oxygens (including phenoxy) is 2. The molecular weight excluding hydrogens is 202 g/mol. The van der Waals surface area contributed by atoms with Crippen LogP contribution in [0, 0.1) is 11.3 Å². The molecule has 2 rings (SSSR count). The summed E-state index contributed by atoms with van der Waals surface area (Å²) in [7, 11) is 1.66. The zero-order chi connectivity index (χ0) is 11.4. The number of methoxy groups -OCH3 is 1. The summed E-state index contributed by atoms with van der Waals surface area (Å²) in [6.45, 7) is 1.20. The molecule has 3 heteroatoms. The van der Waals surface area contributed by atoms with Gasteiger partial charge in [0.1, 0.15) is 5.75 Å². The summed E-state index contributed by atoms with van der Waals surface area (Å²) in [6.07, 6.45) is 1.46. The van der Waals surface area contributed by atoms with Crippen molar-refractivity contribution in [3.63, 3.8) is 0 Å². The molecule has 1 atom stereocenters. The van der Waals surface area contributed by atoms with Gasteiger partial charge in [-0.15, -0.1) is 0 Å². The molecule has 1 aliphatic heterocycles. The molecular formula is C13H15NO2. The lowest BCUT2D eigenvalue weighted by Crippen LogP contribution is -2.32. The Hall–Kier alpha value is -1.53. The third-order valence-electron chi connectivity index (χ3n) is 3.14. The predicted molar refractivity (Wildman–Crippen MR) is 60.3 cm³/mol. The number of nitriles is 1. The lowest BCUT2D eigenvalue weighted by atomic mass is 9.75. The second-order valence-electron chi connectivity index (χ2n) is 4.03. The maximum Gasteiger partial charge on any atom is 0.124 e. The van der Waals surface area contributed by atoms with Gasteiger partial charge in [0.05, 0.1) is 18.1 Å². The zero-order valence-electron chi connectivity index (χ0n) is 9.40. The molecule has 0 amide bonds. The maximum atomic E-state index is 9.45. The van der Waals surface area contributed by atoms with Crippen molar-refractivity contribution in [1.82, 2.24) is 0 Å². The first-order valence-electron chi connectivity index (χ1n) is 5.45. The first-order valence-corrected chi connectivity index (χ1v) is 5.45. The Kier molecular flexibility index (Phi) is 3.12. The van der Waals surface area contributed by atoms with Gasteiger partial charge in [0.25, 0.3) is 0 Å². The Morgan fingerprint density at radius 2 is 2.31 bits per heavy atom. The van der Waals surface area contributed by atoms with Gasteiger partial charge in [0, 0.05) is 25.7 Å². The van der Waals surface area contributed by atoms with E-state index < -0.39 is 5.41 Å². The van der Waals surface area contributed by atoms with Crippen molar-refractivity contribution in [1.29, 1.82) is 5.26 Å². The lowest BCUT2D eigenvalue weighted by molar-refractivity contribution is 0.158. The van der Waals surface area contributed by atoms with Crippen LogP contribution in [0.1, 0.15) is 18.4 Å². The zero-order valence-corrected chi connectivity index (χ0v) is 9.40. The lowest BCUT2D eigenvalue weighted by Gasteiger charge is -2.32. The molecule has 0 aliphatic carbocycles. The smallest absolute Gasteiger partial charge is 0.124 e. The highest BCUT2D eigenvalue weighted by atomic mass is 16.5. The first-order chi connectivity index (χ1) is 7.82. The summed E-state index contributed by atoms with van der Waals surface area (Å²) >= 11 is 0. The highest BCUT2D eigenvalue weighted by molar-refractivity contribution is 5.45. The van der Waals surface area contributed by atoms with Crippen LogP contribution >= 0.6 is 0 Å². The second-order valence-corrected chi connectivity index (χ2v) is 4.03. The Labute approximate surface area is 95.6 Å². The number of hydrogen-bond donors (Lipinski definition) is 0.